The number of nitrogens with zero attached hydrogens (tertiary/aromatic N) is 3. The maximum atomic E-state index is 10.9. The van der Waals surface area contributed by atoms with Crippen LogP contribution >= 0.6 is 23.2 Å². The van der Waals surface area contributed by atoms with E-state index in [0.717, 1.165) is 12.2 Å². The second-order valence-corrected chi connectivity index (χ2v) is 12.6. The molecule has 9 heteroatoms. The number of hydrogen-bond acceptors (Lipinski definition) is 4. The predicted molar refractivity (Wildman–Crippen MR) is 90.5 cm³/mol. The average molecular weight is 362 g/mol. The van der Waals surface area contributed by atoms with Gasteiger partial charge in [0.25, 0.3) is 0 Å². The first-order valence-electron chi connectivity index (χ1n) is 6.76. The van der Waals surface area contributed by atoms with Crippen LogP contribution in [0.25, 0.3) is 11.0 Å². The maximum absolute atomic E-state index is 10.9. The Labute approximate surface area is 139 Å². The summed E-state index contributed by atoms with van der Waals surface area (Å²) in [7, 11) is -1.15. The first-order valence-corrected chi connectivity index (χ1v) is 11.2. The molecular formula is C13H17Cl2N3O3Si. The molecule has 0 amide bonds. The van der Waals surface area contributed by atoms with Crippen molar-refractivity contribution in [3.8, 4) is 0 Å². The lowest BCUT2D eigenvalue weighted by atomic mass is 10.3. The van der Waals surface area contributed by atoms with E-state index in [1.165, 1.54) is 0 Å². The lowest BCUT2D eigenvalue weighted by Gasteiger charge is -2.16. The number of hydrogen-bond donors (Lipinski definition) is 0. The molecule has 0 aliphatic rings. The van der Waals surface area contributed by atoms with Gasteiger partial charge < -0.3 is 4.74 Å². The third-order valence-electron chi connectivity index (χ3n) is 3.20. The first-order chi connectivity index (χ1) is 10.2. The van der Waals surface area contributed by atoms with Crippen molar-refractivity contribution >= 4 is 48.0 Å². The standard InChI is InChI=1S/C13H17Cl2N3O3Si/c1-22(2,3)5-4-21-8-17-11(14)6-9-12(15)10(18(19)20)7-16-13(9)17/h6-7H,4-5,8H2,1-3H3. The van der Waals surface area contributed by atoms with Crippen LogP contribution in [0.2, 0.25) is 35.9 Å². The zero-order chi connectivity index (χ0) is 16.5. The minimum Gasteiger partial charge on any atom is -0.361 e. The molecule has 120 valence electrons. The van der Waals surface area contributed by atoms with Crippen LogP contribution in [0.5, 0.6) is 0 Å². The van der Waals surface area contributed by atoms with Gasteiger partial charge >= 0.3 is 5.69 Å². The molecule has 0 aliphatic carbocycles. The lowest BCUT2D eigenvalue weighted by Crippen LogP contribution is -2.22. The fourth-order valence-electron chi connectivity index (χ4n) is 1.91. The normalized spacial score (nSPS) is 12.0. The summed E-state index contributed by atoms with van der Waals surface area (Å²) >= 11 is 12.2. The molecule has 0 saturated carbocycles. The van der Waals surface area contributed by atoms with Gasteiger partial charge in [-0.05, 0) is 12.1 Å². The molecule has 2 aromatic rings. The van der Waals surface area contributed by atoms with Crippen LogP contribution in [-0.4, -0.2) is 29.2 Å². The summed E-state index contributed by atoms with van der Waals surface area (Å²) in [6.07, 6.45) is 1.14. The number of ether oxygens (including phenoxy) is 1. The molecule has 2 heterocycles. The van der Waals surface area contributed by atoms with E-state index in [9.17, 15) is 10.1 Å². The van der Waals surface area contributed by atoms with Gasteiger partial charge in [-0.1, -0.05) is 42.8 Å². The SMILES string of the molecule is C[Si](C)(C)CCOCn1c(Cl)cc2c(Cl)c([N+](=O)[O-])cnc21. The quantitative estimate of drug-likeness (QED) is 0.327. The Balaban J connectivity index is 2.22. The highest BCUT2D eigenvalue weighted by Crippen LogP contribution is 2.34. The van der Waals surface area contributed by atoms with Gasteiger partial charge in [-0.3, -0.25) is 14.7 Å². The minimum atomic E-state index is -1.15. The third-order valence-corrected chi connectivity index (χ3v) is 5.62. The van der Waals surface area contributed by atoms with Gasteiger partial charge in [-0.25, -0.2) is 4.98 Å². The average Bonchev–Trinajstić information content (AvgIpc) is 2.71. The Hall–Kier alpha value is -1.15. The van der Waals surface area contributed by atoms with Gasteiger partial charge in [0, 0.05) is 20.1 Å². The van der Waals surface area contributed by atoms with Crippen LogP contribution in [0.15, 0.2) is 12.3 Å². The fraction of sp³-hybridized carbons (Fsp3) is 0.462. The van der Waals surface area contributed by atoms with Crippen molar-refractivity contribution in [2.45, 2.75) is 32.4 Å². The first kappa shape index (κ1) is 17.2. The van der Waals surface area contributed by atoms with E-state index in [0.29, 0.717) is 22.8 Å². The summed E-state index contributed by atoms with van der Waals surface area (Å²) in [4.78, 5) is 14.4. The van der Waals surface area contributed by atoms with E-state index in [-0.39, 0.29) is 17.4 Å². The van der Waals surface area contributed by atoms with Crippen molar-refractivity contribution in [3.05, 3.63) is 32.6 Å². The Morgan fingerprint density at radius 3 is 2.68 bits per heavy atom. The van der Waals surface area contributed by atoms with Crippen molar-refractivity contribution < 1.29 is 9.66 Å². The summed E-state index contributed by atoms with van der Waals surface area (Å²) in [6, 6.07) is 2.62. The summed E-state index contributed by atoms with van der Waals surface area (Å²) < 4.78 is 7.31. The van der Waals surface area contributed by atoms with Gasteiger partial charge in [0.2, 0.25) is 0 Å². The molecule has 0 saturated heterocycles. The van der Waals surface area contributed by atoms with E-state index in [1.54, 1.807) is 10.6 Å². The molecule has 2 aromatic heterocycles. The van der Waals surface area contributed by atoms with E-state index >= 15 is 0 Å². The van der Waals surface area contributed by atoms with Crippen LogP contribution in [0, 0.1) is 10.1 Å². The molecule has 6 nitrogen and oxygen atoms in total. The molecule has 0 aliphatic heterocycles. The molecule has 2 rings (SSSR count). The highest BCUT2D eigenvalue weighted by atomic mass is 35.5. The molecule has 0 bridgehead atoms. The van der Waals surface area contributed by atoms with Crippen molar-refractivity contribution in [2.24, 2.45) is 0 Å². The van der Waals surface area contributed by atoms with Crippen LogP contribution < -0.4 is 0 Å². The van der Waals surface area contributed by atoms with Crippen LogP contribution in [0.1, 0.15) is 0 Å². The number of rotatable bonds is 6. The Morgan fingerprint density at radius 1 is 1.41 bits per heavy atom. The number of aromatic nitrogens is 2. The van der Waals surface area contributed by atoms with Gasteiger partial charge in [0.05, 0.1) is 4.92 Å². The lowest BCUT2D eigenvalue weighted by molar-refractivity contribution is -0.384. The molecule has 0 N–H and O–H groups in total. The molecular weight excluding hydrogens is 345 g/mol. The molecule has 22 heavy (non-hydrogen) atoms. The van der Waals surface area contributed by atoms with Crippen molar-refractivity contribution in [1.29, 1.82) is 0 Å². The van der Waals surface area contributed by atoms with Gasteiger partial charge in [-0.2, -0.15) is 0 Å². The van der Waals surface area contributed by atoms with Crippen molar-refractivity contribution in [1.82, 2.24) is 9.55 Å². The Bertz CT molecular complexity index is 713. The molecule has 0 spiro atoms. The van der Waals surface area contributed by atoms with Crippen LogP contribution in [-0.2, 0) is 11.5 Å². The molecule has 0 fully saturated rings. The fourth-order valence-corrected chi connectivity index (χ4v) is 3.16. The molecule has 0 radical (unpaired) electrons. The van der Waals surface area contributed by atoms with Crippen molar-refractivity contribution in [3.63, 3.8) is 0 Å². The molecule has 0 atom stereocenters. The Morgan fingerprint density at radius 2 is 2.09 bits per heavy atom. The maximum Gasteiger partial charge on any atom is 0.306 e. The van der Waals surface area contributed by atoms with Gasteiger partial charge in [0.15, 0.2) is 0 Å². The van der Waals surface area contributed by atoms with E-state index < -0.39 is 13.0 Å². The largest absolute Gasteiger partial charge is 0.361 e. The number of pyridine rings is 1. The number of halogens is 2. The monoisotopic (exact) mass is 361 g/mol. The summed E-state index contributed by atoms with van der Waals surface area (Å²) in [5.41, 5.74) is 0.247. The van der Waals surface area contributed by atoms with Gasteiger partial charge in [0.1, 0.15) is 28.8 Å². The number of fused-ring (bicyclic) bond motifs is 1. The minimum absolute atomic E-state index is 0.0396. The van der Waals surface area contributed by atoms with E-state index in [2.05, 4.69) is 24.6 Å². The van der Waals surface area contributed by atoms with Gasteiger partial charge in [-0.15, -0.1) is 0 Å². The highest BCUT2D eigenvalue weighted by molar-refractivity contribution is 6.76. The van der Waals surface area contributed by atoms with E-state index in [1.807, 2.05) is 0 Å². The van der Waals surface area contributed by atoms with E-state index in [4.69, 9.17) is 27.9 Å². The smallest absolute Gasteiger partial charge is 0.306 e. The van der Waals surface area contributed by atoms with Crippen LogP contribution in [0.3, 0.4) is 0 Å². The zero-order valence-electron chi connectivity index (χ0n) is 12.6. The third kappa shape index (κ3) is 3.78. The second kappa shape index (κ2) is 6.53. The molecule has 0 unspecified atom stereocenters. The Kier molecular flexibility index (Phi) is 5.11. The summed E-state index contributed by atoms with van der Waals surface area (Å²) in [6.45, 7) is 7.71. The number of nitro groups is 1. The highest BCUT2D eigenvalue weighted by Gasteiger charge is 2.20. The van der Waals surface area contributed by atoms with Crippen LogP contribution in [0.4, 0.5) is 5.69 Å². The topological polar surface area (TPSA) is 70.2 Å². The molecule has 0 aromatic carbocycles. The summed E-state index contributed by atoms with van der Waals surface area (Å²) in [5, 5.41) is 11.8. The second-order valence-electron chi connectivity index (χ2n) is 6.19. The van der Waals surface area contributed by atoms with Crippen molar-refractivity contribution in [2.75, 3.05) is 6.61 Å². The predicted octanol–water partition coefficient (Wildman–Crippen LogP) is 4.56. The summed E-state index contributed by atoms with van der Waals surface area (Å²) in [5.74, 6) is 0. The zero-order valence-corrected chi connectivity index (χ0v) is 15.1.